The molecule has 4 rings (SSSR count). The van der Waals surface area contributed by atoms with Gasteiger partial charge in [0.15, 0.2) is 11.6 Å². The van der Waals surface area contributed by atoms with Crippen LogP contribution in [-0.2, 0) is 4.74 Å². The van der Waals surface area contributed by atoms with Crippen LogP contribution in [0.25, 0.3) is 0 Å². The molecule has 14 heteroatoms. The van der Waals surface area contributed by atoms with Crippen molar-refractivity contribution in [3.05, 3.63) is 68.3 Å². The number of ether oxygens (including phenoxy) is 1. The standard InChI is InChI=1S/C15H20FN3O4.C10H12FN3O2/c1-15(2,3)23-14(20)17-10-6-7-18(9-10)13-5-4-11(19(21)22)8-12(13)16;11-9-5-8(14(15)16)1-2-10(9)13-4-3-7(12)6-13/h4-5,8,10H,6-7,9H2,1-3H3,(H,17,20);1-2,5,7H,3-4,6,12H2/t10-;7-/m11/s1. The number of non-ortho nitro benzene ring substituents is 2. The van der Waals surface area contributed by atoms with Crippen molar-refractivity contribution in [3.8, 4) is 0 Å². The molecule has 2 saturated heterocycles. The first-order valence-corrected chi connectivity index (χ1v) is 12.4. The third-order valence-corrected chi connectivity index (χ3v) is 6.10. The van der Waals surface area contributed by atoms with Crippen LogP contribution in [0.3, 0.4) is 0 Å². The number of amides is 1. The van der Waals surface area contributed by atoms with Crippen LogP contribution in [0.1, 0.15) is 33.6 Å². The van der Waals surface area contributed by atoms with E-state index in [2.05, 4.69) is 5.32 Å². The number of hydrogen-bond acceptors (Lipinski definition) is 9. The van der Waals surface area contributed by atoms with Crippen molar-refractivity contribution >= 4 is 28.8 Å². The van der Waals surface area contributed by atoms with Crippen LogP contribution in [0, 0.1) is 31.9 Å². The quantitative estimate of drug-likeness (QED) is 0.413. The zero-order chi connectivity index (χ0) is 28.9. The summed E-state index contributed by atoms with van der Waals surface area (Å²) in [6.45, 7) is 7.59. The molecule has 3 N–H and O–H groups in total. The predicted molar refractivity (Wildman–Crippen MR) is 141 cm³/mol. The minimum Gasteiger partial charge on any atom is -0.444 e. The number of anilines is 2. The maximum Gasteiger partial charge on any atom is 0.407 e. The van der Waals surface area contributed by atoms with Crippen molar-refractivity contribution in [1.82, 2.24) is 5.32 Å². The number of nitrogens with zero attached hydrogens (tertiary/aromatic N) is 4. The van der Waals surface area contributed by atoms with E-state index in [0.29, 0.717) is 44.0 Å². The van der Waals surface area contributed by atoms with Crippen LogP contribution in [0.4, 0.5) is 36.3 Å². The number of nitro groups is 2. The Balaban J connectivity index is 0.000000230. The normalized spacial score (nSPS) is 18.8. The van der Waals surface area contributed by atoms with E-state index >= 15 is 0 Å². The van der Waals surface area contributed by atoms with Crippen LogP contribution in [0.5, 0.6) is 0 Å². The van der Waals surface area contributed by atoms with Crippen LogP contribution in [-0.4, -0.2) is 59.8 Å². The van der Waals surface area contributed by atoms with Crippen molar-refractivity contribution in [2.45, 2.75) is 51.3 Å². The number of nitro benzene ring substituents is 2. The summed E-state index contributed by atoms with van der Waals surface area (Å²) in [5.41, 5.74) is 5.31. The molecule has 2 heterocycles. The summed E-state index contributed by atoms with van der Waals surface area (Å²) in [5.74, 6) is -1.21. The molecular formula is C25H32F2N6O6. The molecule has 12 nitrogen and oxygen atoms in total. The van der Waals surface area contributed by atoms with E-state index in [-0.39, 0.29) is 23.5 Å². The van der Waals surface area contributed by atoms with Crippen molar-refractivity contribution in [2.75, 3.05) is 36.0 Å². The Bertz CT molecular complexity index is 1220. The number of benzene rings is 2. The number of carbonyl (C=O) groups excluding carboxylic acids is 1. The van der Waals surface area contributed by atoms with E-state index in [1.807, 2.05) is 4.90 Å². The molecule has 1 amide bonds. The fourth-order valence-electron chi connectivity index (χ4n) is 4.31. The van der Waals surface area contributed by atoms with E-state index in [1.54, 1.807) is 25.7 Å². The fourth-order valence-corrected chi connectivity index (χ4v) is 4.31. The average molecular weight is 551 g/mol. The number of carbonyl (C=O) groups is 1. The highest BCUT2D eigenvalue weighted by molar-refractivity contribution is 5.68. The maximum absolute atomic E-state index is 14.0. The van der Waals surface area contributed by atoms with Crippen molar-refractivity contribution in [1.29, 1.82) is 0 Å². The fraction of sp³-hybridized carbons (Fsp3) is 0.480. The summed E-state index contributed by atoms with van der Waals surface area (Å²) in [6, 6.07) is 7.15. The number of rotatable bonds is 5. The van der Waals surface area contributed by atoms with Gasteiger partial charge in [-0.1, -0.05) is 0 Å². The van der Waals surface area contributed by atoms with Gasteiger partial charge in [0.1, 0.15) is 5.60 Å². The lowest BCUT2D eigenvalue weighted by molar-refractivity contribution is -0.385. The third kappa shape index (κ3) is 8.21. The number of alkyl carbamates (subject to hydrolysis) is 1. The Morgan fingerprint density at radius 1 is 0.949 bits per heavy atom. The maximum atomic E-state index is 14.0. The lowest BCUT2D eigenvalue weighted by atomic mass is 10.2. The molecule has 0 saturated carbocycles. The van der Waals surface area contributed by atoms with E-state index < -0.39 is 33.2 Å². The molecule has 2 atom stereocenters. The monoisotopic (exact) mass is 550 g/mol. The van der Waals surface area contributed by atoms with Crippen LogP contribution >= 0.6 is 0 Å². The van der Waals surface area contributed by atoms with E-state index in [4.69, 9.17) is 10.5 Å². The van der Waals surface area contributed by atoms with Gasteiger partial charge in [0.05, 0.1) is 39.4 Å². The molecule has 2 aliphatic heterocycles. The van der Waals surface area contributed by atoms with Gasteiger partial charge >= 0.3 is 6.09 Å². The minimum absolute atomic E-state index is 0.0505. The first-order chi connectivity index (χ1) is 18.2. The average Bonchev–Trinajstić information content (AvgIpc) is 3.47. The van der Waals surface area contributed by atoms with Gasteiger partial charge in [-0.3, -0.25) is 20.2 Å². The Kier molecular flexibility index (Phi) is 9.22. The van der Waals surface area contributed by atoms with Gasteiger partial charge in [0, 0.05) is 44.4 Å². The zero-order valence-electron chi connectivity index (χ0n) is 21.9. The molecule has 2 aromatic rings. The van der Waals surface area contributed by atoms with E-state index in [0.717, 1.165) is 18.6 Å². The van der Waals surface area contributed by atoms with Gasteiger partial charge < -0.3 is 25.6 Å². The Morgan fingerprint density at radius 3 is 1.85 bits per heavy atom. The van der Waals surface area contributed by atoms with Gasteiger partial charge in [-0.25, -0.2) is 13.6 Å². The number of nitrogens with two attached hydrogens (primary N) is 1. The second kappa shape index (κ2) is 12.2. The highest BCUT2D eigenvalue weighted by atomic mass is 19.1. The first kappa shape index (κ1) is 29.5. The molecule has 2 aliphatic rings. The molecule has 0 bridgehead atoms. The van der Waals surface area contributed by atoms with Gasteiger partial charge in [-0.2, -0.15) is 0 Å². The number of hydrogen-bond donors (Lipinski definition) is 2. The summed E-state index contributed by atoms with van der Waals surface area (Å²) in [6.07, 6.45) is 0.958. The van der Waals surface area contributed by atoms with Crippen molar-refractivity contribution < 1.29 is 28.2 Å². The number of halogens is 2. The molecule has 2 fully saturated rings. The largest absolute Gasteiger partial charge is 0.444 e. The molecular weight excluding hydrogens is 518 g/mol. The molecule has 0 radical (unpaired) electrons. The summed E-state index contributed by atoms with van der Waals surface area (Å²) in [5, 5.41) is 23.8. The minimum atomic E-state index is -0.642. The molecule has 2 aromatic carbocycles. The van der Waals surface area contributed by atoms with Gasteiger partial charge in [-0.15, -0.1) is 0 Å². The van der Waals surface area contributed by atoms with Gasteiger partial charge in [0.25, 0.3) is 11.4 Å². The summed E-state index contributed by atoms with van der Waals surface area (Å²) in [4.78, 5) is 35.1. The highest BCUT2D eigenvalue weighted by Crippen LogP contribution is 2.28. The topological polar surface area (TPSA) is 157 Å². The Labute approximate surface area is 224 Å². The molecule has 0 unspecified atom stereocenters. The third-order valence-electron chi connectivity index (χ3n) is 6.10. The van der Waals surface area contributed by atoms with Gasteiger partial charge in [-0.05, 0) is 45.7 Å². The zero-order valence-corrected chi connectivity index (χ0v) is 21.9. The van der Waals surface area contributed by atoms with Crippen molar-refractivity contribution in [3.63, 3.8) is 0 Å². The molecule has 0 aliphatic carbocycles. The Hall–Kier alpha value is -4.07. The first-order valence-electron chi connectivity index (χ1n) is 12.4. The van der Waals surface area contributed by atoms with Gasteiger partial charge in [0.2, 0.25) is 0 Å². The summed E-state index contributed by atoms with van der Waals surface area (Å²) >= 11 is 0. The second-order valence-corrected chi connectivity index (χ2v) is 10.4. The molecule has 0 spiro atoms. The molecule has 0 aromatic heterocycles. The van der Waals surface area contributed by atoms with Crippen LogP contribution in [0.2, 0.25) is 0 Å². The summed E-state index contributed by atoms with van der Waals surface area (Å²) < 4.78 is 32.8. The Morgan fingerprint density at radius 2 is 1.44 bits per heavy atom. The molecule has 39 heavy (non-hydrogen) atoms. The summed E-state index contributed by atoms with van der Waals surface area (Å²) in [7, 11) is 0. The van der Waals surface area contributed by atoms with Crippen molar-refractivity contribution in [2.24, 2.45) is 5.73 Å². The van der Waals surface area contributed by atoms with Crippen LogP contribution < -0.4 is 20.9 Å². The second-order valence-electron chi connectivity index (χ2n) is 10.4. The number of nitrogens with one attached hydrogen (secondary N) is 1. The highest BCUT2D eigenvalue weighted by Gasteiger charge is 2.28. The predicted octanol–water partition coefficient (Wildman–Crippen LogP) is 4.11. The van der Waals surface area contributed by atoms with E-state index in [9.17, 15) is 33.8 Å². The SMILES string of the molecule is CC(C)(C)OC(=O)N[C@@H]1CCN(c2ccc([N+](=O)[O-])cc2F)C1.N[C@@H]1CCN(c2ccc([N+](=O)[O-])cc2F)C1. The van der Waals surface area contributed by atoms with E-state index in [1.165, 1.54) is 24.3 Å². The lowest BCUT2D eigenvalue weighted by Gasteiger charge is -2.22. The lowest BCUT2D eigenvalue weighted by Crippen LogP contribution is -2.40. The van der Waals surface area contributed by atoms with Crippen LogP contribution in [0.15, 0.2) is 36.4 Å². The molecule has 212 valence electrons. The smallest absolute Gasteiger partial charge is 0.407 e.